The lowest BCUT2D eigenvalue weighted by atomic mass is 10.1. The molecule has 0 saturated carbocycles. The number of rotatable bonds is 6. The molecule has 0 aliphatic heterocycles. The van der Waals surface area contributed by atoms with Gasteiger partial charge in [-0.25, -0.2) is 4.98 Å². The Balaban J connectivity index is 1.92. The Morgan fingerprint density at radius 3 is 2.70 bits per heavy atom. The van der Waals surface area contributed by atoms with Gasteiger partial charge in [-0.05, 0) is 37.7 Å². The molecule has 5 heteroatoms. The summed E-state index contributed by atoms with van der Waals surface area (Å²) in [4.78, 5) is 15.7. The van der Waals surface area contributed by atoms with Crippen LogP contribution >= 0.6 is 0 Å². The van der Waals surface area contributed by atoms with Gasteiger partial charge in [-0.2, -0.15) is 0 Å². The number of benzene rings is 1. The number of nitrogens with zero attached hydrogens (tertiary/aromatic N) is 1. The first-order valence-electron chi connectivity index (χ1n) is 6.71. The number of amides is 1. The van der Waals surface area contributed by atoms with Crippen LogP contribution in [0.25, 0.3) is 11.3 Å². The van der Waals surface area contributed by atoms with Gasteiger partial charge in [-0.3, -0.25) is 4.79 Å². The number of hydrogen-bond donors (Lipinski definition) is 2. The van der Waals surface area contributed by atoms with Crippen molar-refractivity contribution in [3.05, 3.63) is 36.9 Å². The van der Waals surface area contributed by atoms with Crippen molar-refractivity contribution >= 4 is 11.6 Å². The summed E-state index contributed by atoms with van der Waals surface area (Å²) < 4.78 is 5.21. The Kier molecular flexibility index (Phi) is 4.90. The third-order valence-corrected chi connectivity index (χ3v) is 2.93. The molecular formula is C15H19N3O2. The Morgan fingerprint density at radius 2 is 2.10 bits per heavy atom. The van der Waals surface area contributed by atoms with Crippen LogP contribution in [0.3, 0.4) is 0 Å². The third kappa shape index (κ3) is 3.93. The summed E-state index contributed by atoms with van der Waals surface area (Å²) in [5, 5.41) is 6.09. The molecule has 0 aliphatic rings. The fourth-order valence-corrected chi connectivity index (χ4v) is 1.99. The van der Waals surface area contributed by atoms with E-state index in [9.17, 15) is 4.79 Å². The van der Waals surface area contributed by atoms with Gasteiger partial charge in [-0.15, -0.1) is 0 Å². The maximum absolute atomic E-state index is 11.8. The average Bonchev–Trinajstić information content (AvgIpc) is 2.93. The summed E-state index contributed by atoms with van der Waals surface area (Å²) in [5.41, 5.74) is 1.71. The number of aromatic nitrogens is 1. The van der Waals surface area contributed by atoms with Crippen molar-refractivity contribution in [2.75, 3.05) is 11.9 Å². The zero-order valence-electron chi connectivity index (χ0n) is 11.7. The van der Waals surface area contributed by atoms with Crippen LogP contribution in [-0.2, 0) is 4.79 Å². The number of oxazole rings is 1. The molecule has 1 heterocycles. The SMILES string of the molecule is CCNC(C)CC(=O)Nc1ccc(-c2cnco2)cc1. The zero-order valence-corrected chi connectivity index (χ0v) is 11.7. The Labute approximate surface area is 118 Å². The second-order valence-corrected chi connectivity index (χ2v) is 4.65. The molecule has 0 aliphatic carbocycles. The molecule has 20 heavy (non-hydrogen) atoms. The zero-order chi connectivity index (χ0) is 14.4. The van der Waals surface area contributed by atoms with E-state index in [2.05, 4.69) is 15.6 Å². The highest BCUT2D eigenvalue weighted by Crippen LogP contribution is 2.20. The van der Waals surface area contributed by atoms with Crippen LogP contribution in [0, 0.1) is 0 Å². The van der Waals surface area contributed by atoms with E-state index in [0.717, 1.165) is 17.8 Å². The molecular weight excluding hydrogens is 254 g/mol. The minimum Gasteiger partial charge on any atom is -0.444 e. The first-order valence-corrected chi connectivity index (χ1v) is 6.71. The topological polar surface area (TPSA) is 67.2 Å². The van der Waals surface area contributed by atoms with Crippen LogP contribution in [0.1, 0.15) is 20.3 Å². The predicted octanol–water partition coefficient (Wildman–Crippen LogP) is 2.67. The largest absolute Gasteiger partial charge is 0.444 e. The van der Waals surface area contributed by atoms with Crippen LogP contribution in [0.4, 0.5) is 5.69 Å². The van der Waals surface area contributed by atoms with Crippen LogP contribution in [-0.4, -0.2) is 23.5 Å². The Morgan fingerprint density at radius 1 is 1.35 bits per heavy atom. The fourth-order valence-electron chi connectivity index (χ4n) is 1.99. The standard InChI is InChI=1S/C15H19N3O2/c1-3-17-11(2)8-15(19)18-13-6-4-12(5-7-13)14-9-16-10-20-14/h4-7,9-11,17H,3,8H2,1-2H3,(H,18,19). The van der Waals surface area contributed by atoms with Crippen LogP contribution < -0.4 is 10.6 Å². The van der Waals surface area contributed by atoms with Crippen molar-refractivity contribution in [3.63, 3.8) is 0 Å². The van der Waals surface area contributed by atoms with Crippen molar-refractivity contribution in [2.24, 2.45) is 0 Å². The van der Waals surface area contributed by atoms with E-state index in [1.807, 2.05) is 38.1 Å². The second-order valence-electron chi connectivity index (χ2n) is 4.65. The van der Waals surface area contributed by atoms with Gasteiger partial charge >= 0.3 is 0 Å². The number of hydrogen-bond acceptors (Lipinski definition) is 4. The first-order chi connectivity index (χ1) is 9.69. The molecule has 1 atom stereocenters. The molecule has 5 nitrogen and oxygen atoms in total. The van der Waals surface area contributed by atoms with Crippen LogP contribution in [0.5, 0.6) is 0 Å². The minimum absolute atomic E-state index is 0.00543. The number of carbonyl (C=O) groups is 1. The van der Waals surface area contributed by atoms with Gasteiger partial charge in [0.1, 0.15) is 0 Å². The van der Waals surface area contributed by atoms with Crippen molar-refractivity contribution in [3.8, 4) is 11.3 Å². The van der Waals surface area contributed by atoms with E-state index < -0.39 is 0 Å². The Hall–Kier alpha value is -2.14. The van der Waals surface area contributed by atoms with Crippen molar-refractivity contribution in [2.45, 2.75) is 26.3 Å². The first kappa shape index (κ1) is 14.3. The van der Waals surface area contributed by atoms with Gasteiger partial charge in [-0.1, -0.05) is 6.92 Å². The van der Waals surface area contributed by atoms with Gasteiger partial charge in [0.15, 0.2) is 12.2 Å². The quantitative estimate of drug-likeness (QED) is 0.849. The van der Waals surface area contributed by atoms with E-state index in [0.29, 0.717) is 12.2 Å². The van der Waals surface area contributed by atoms with Gasteiger partial charge in [0.2, 0.25) is 5.91 Å². The van der Waals surface area contributed by atoms with E-state index in [1.165, 1.54) is 6.39 Å². The van der Waals surface area contributed by atoms with Gasteiger partial charge in [0.05, 0.1) is 6.20 Å². The number of nitrogens with one attached hydrogen (secondary N) is 2. The monoisotopic (exact) mass is 273 g/mol. The number of carbonyl (C=O) groups excluding carboxylic acids is 1. The summed E-state index contributed by atoms with van der Waals surface area (Å²) in [5.74, 6) is 0.717. The Bertz CT molecular complexity index is 535. The van der Waals surface area contributed by atoms with E-state index in [1.54, 1.807) is 6.20 Å². The average molecular weight is 273 g/mol. The molecule has 0 saturated heterocycles. The lowest BCUT2D eigenvalue weighted by Gasteiger charge is -2.12. The van der Waals surface area contributed by atoms with E-state index in [4.69, 9.17) is 4.42 Å². The minimum atomic E-state index is 0.00543. The molecule has 0 spiro atoms. The molecule has 1 unspecified atom stereocenters. The summed E-state index contributed by atoms with van der Waals surface area (Å²) in [7, 11) is 0. The lowest BCUT2D eigenvalue weighted by Crippen LogP contribution is -2.30. The number of anilines is 1. The maximum atomic E-state index is 11.8. The molecule has 0 fully saturated rings. The van der Waals surface area contributed by atoms with E-state index >= 15 is 0 Å². The smallest absolute Gasteiger partial charge is 0.225 e. The molecule has 0 radical (unpaired) electrons. The summed E-state index contributed by atoms with van der Waals surface area (Å²) in [6.07, 6.45) is 3.51. The van der Waals surface area contributed by atoms with E-state index in [-0.39, 0.29) is 11.9 Å². The highest BCUT2D eigenvalue weighted by Gasteiger charge is 2.08. The van der Waals surface area contributed by atoms with Crippen LogP contribution in [0.2, 0.25) is 0 Å². The van der Waals surface area contributed by atoms with Crippen molar-refractivity contribution in [1.82, 2.24) is 10.3 Å². The lowest BCUT2D eigenvalue weighted by molar-refractivity contribution is -0.116. The molecule has 1 amide bonds. The fraction of sp³-hybridized carbons (Fsp3) is 0.333. The van der Waals surface area contributed by atoms with Crippen molar-refractivity contribution in [1.29, 1.82) is 0 Å². The van der Waals surface area contributed by atoms with Gasteiger partial charge in [0.25, 0.3) is 0 Å². The summed E-state index contributed by atoms with van der Waals surface area (Å²) in [6.45, 7) is 4.88. The summed E-state index contributed by atoms with van der Waals surface area (Å²) in [6, 6.07) is 7.67. The summed E-state index contributed by atoms with van der Waals surface area (Å²) >= 11 is 0. The van der Waals surface area contributed by atoms with Crippen LogP contribution in [0.15, 0.2) is 41.3 Å². The van der Waals surface area contributed by atoms with Gasteiger partial charge in [0, 0.05) is 23.7 Å². The predicted molar refractivity (Wildman–Crippen MR) is 78.3 cm³/mol. The maximum Gasteiger partial charge on any atom is 0.225 e. The highest BCUT2D eigenvalue weighted by molar-refractivity contribution is 5.91. The third-order valence-electron chi connectivity index (χ3n) is 2.93. The second kappa shape index (κ2) is 6.86. The molecule has 106 valence electrons. The molecule has 1 aromatic carbocycles. The molecule has 0 bridgehead atoms. The molecule has 2 aromatic rings. The molecule has 2 rings (SSSR count). The van der Waals surface area contributed by atoms with Crippen molar-refractivity contribution < 1.29 is 9.21 Å². The van der Waals surface area contributed by atoms with Gasteiger partial charge < -0.3 is 15.1 Å². The molecule has 2 N–H and O–H groups in total. The molecule has 1 aromatic heterocycles. The highest BCUT2D eigenvalue weighted by atomic mass is 16.3. The normalized spacial score (nSPS) is 12.1.